The minimum absolute atomic E-state index is 0.159. The first-order valence-electron chi connectivity index (χ1n) is 6.95. The second-order valence-electron chi connectivity index (χ2n) is 6.25. The molecule has 6 atom stereocenters. The molecule has 3 fully saturated rings. The van der Waals surface area contributed by atoms with Gasteiger partial charge in [-0.2, -0.15) is 0 Å². The number of hydrogen-bond donors (Lipinski definition) is 2. The summed E-state index contributed by atoms with van der Waals surface area (Å²) in [6.45, 7) is 9.51. The van der Waals surface area contributed by atoms with Crippen molar-refractivity contribution in [1.82, 2.24) is 0 Å². The van der Waals surface area contributed by atoms with Gasteiger partial charge in [0.25, 0.3) is 0 Å². The first-order chi connectivity index (χ1) is 9.33. The predicted molar refractivity (Wildman–Crippen MR) is 70.8 cm³/mol. The van der Waals surface area contributed by atoms with Crippen LogP contribution < -0.4 is 0 Å². The van der Waals surface area contributed by atoms with Crippen LogP contribution in [0.3, 0.4) is 0 Å². The Bertz CT molecular complexity index is 485. The largest absolute Gasteiger partial charge is 0.458 e. The molecule has 3 aliphatic rings. The fourth-order valence-electron chi connectivity index (χ4n) is 3.55. The summed E-state index contributed by atoms with van der Waals surface area (Å²) >= 11 is 0. The number of fused-ring (bicyclic) bond motifs is 3. The summed E-state index contributed by atoms with van der Waals surface area (Å²) in [4.78, 5) is 11.7. The maximum atomic E-state index is 11.7. The van der Waals surface area contributed by atoms with E-state index in [1.807, 2.05) is 0 Å². The Morgan fingerprint density at radius 2 is 2.05 bits per heavy atom. The zero-order valence-corrected chi connectivity index (χ0v) is 11.5. The molecular weight excluding hydrogens is 260 g/mol. The average Bonchev–Trinajstić information content (AvgIpc) is 2.91. The van der Waals surface area contributed by atoms with Gasteiger partial charge in [-0.05, 0) is 25.3 Å². The quantitative estimate of drug-likeness (QED) is 0.388. The Morgan fingerprint density at radius 3 is 2.75 bits per heavy atom. The van der Waals surface area contributed by atoms with Gasteiger partial charge in [0.15, 0.2) is 0 Å². The maximum Gasteiger partial charge on any atom is 0.334 e. The van der Waals surface area contributed by atoms with Gasteiger partial charge in [0.1, 0.15) is 12.2 Å². The van der Waals surface area contributed by atoms with Crippen LogP contribution in [-0.4, -0.2) is 46.2 Å². The Kier molecular flexibility index (Phi) is 3.04. The van der Waals surface area contributed by atoms with Crippen LogP contribution in [0.25, 0.3) is 0 Å². The Labute approximate surface area is 117 Å². The molecule has 2 bridgehead atoms. The average molecular weight is 280 g/mol. The molecule has 0 aromatic heterocycles. The third-order valence-electron chi connectivity index (χ3n) is 4.87. The SMILES string of the molecule is C=C1C(=O)O[C@H]2CC(=C)[C@H]3CC[C@](C)(O3)[C@@H](O)[C@@H](O)[C@H]12. The van der Waals surface area contributed by atoms with E-state index < -0.39 is 35.8 Å². The first kappa shape index (κ1) is 13.8. The molecule has 20 heavy (non-hydrogen) atoms. The summed E-state index contributed by atoms with van der Waals surface area (Å²) in [6, 6.07) is 0. The lowest BCUT2D eigenvalue weighted by molar-refractivity contribution is -0.147. The summed E-state index contributed by atoms with van der Waals surface area (Å²) in [6.07, 6.45) is -1.06. The van der Waals surface area contributed by atoms with Gasteiger partial charge in [0.2, 0.25) is 0 Å². The third-order valence-corrected chi connectivity index (χ3v) is 4.87. The molecule has 0 spiro atoms. The van der Waals surface area contributed by atoms with E-state index in [9.17, 15) is 15.0 Å². The number of esters is 1. The van der Waals surface area contributed by atoms with E-state index in [2.05, 4.69) is 13.2 Å². The summed E-state index contributed by atoms with van der Waals surface area (Å²) in [5, 5.41) is 21.0. The molecule has 3 rings (SSSR count). The van der Waals surface area contributed by atoms with E-state index >= 15 is 0 Å². The molecule has 0 aromatic carbocycles. The number of carbonyl (C=O) groups is 1. The third kappa shape index (κ3) is 1.84. The highest BCUT2D eigenvalue weighted by atomic mass is 16.6. The Hall–Kier alpha value is -1.17. The van der Waals surface area contributed by atoms with Gasteiger partial charge in [-0.15, -0.1) is 0 Å². The molecular formula is C15H20O5. The molecule has 3 saturated heterocycles. The number of ether oxygens (including phenoxy) is 2. The van der Waals surface area contributed by atoms with Crippen molar-refractivity contribution in [2.75, 3.05) is 0 Å². The van der Waals surface area contributed by atoms with Crippen LogP contribution in [0.4, 0.5) is 0 Å². The molecule has 3 aliphatic heterocycles. The standard InChI is InChI=1S/C15H20O5/c1-7-6-10-11(8(2)14(18)19-10)12(16)13(17)15(3)5-4-9(7)20-15/h9-13,16-17H,1-2,4-6H2,3H3/t9-,10+,11-,12+,13+,15+/m1/s1. The molecule has 0 aromatic rings. The van der Waals surface area contributed by atoms with Gasteiger partial charge in [0.05, 0.1) is 23.7 Å². The number of aliphatic hydroxyl groups excluding tert-OH is 2. The van der Waals surface area contributed by atoms with Gasteiger partial charge < -0.3 is 19.7 Å². The van der Waals surface area contributed by atoms with Crippen molar-refractivity contribution in [2.45, 2.75) is 56.2 Å². The van der Waals surface area contributed by atoms with Gasteiger partial charge in [0, 0.05) is 12.0 Å². The summed E-state index contributed by atoms with van der Waals surface area (Å²) in [7, 11) is 0. The van der Waals surface area contributed by atoms with Crippen LogP contribution in [-0.2, 0) is 14.3 Å². The smallest absolute Gasteiger partial charge is 0.334 e. The molecule has 0 amide bonds. The second kappa shape index (κ2) is 4.41. The minimum Gasteiger partial charge on any atom is -0.458 e. The number of hydrogen-bond acceptors (Lipinski definition) is 5. The molecule has 0 radical (unpaired) electrons. The van der Waals surface area contributed by atoms with Crippen molar-refractivity contribution >= 4 is 5.97 Å². The van der Waals surface area contributed by atoms with E-state index in [0.29, 0.717) is 12.8 Å². The van der Waals surface area contributed by atoms with E-state index in [1.54, 1.807) is 6.92 Å². The summed E-state index contributed by atoms with van der Waals surface area (Å²) in [5.74, 6) is -1.10. The molecule has 0 aliphatic carbocycles. The van der Waals surface area contributed by atoms with Crippen LogP contribution in [0.1, 0.15) is 26.2 Å². The first-order valence-corrected chi connectivity index (χ1v) is 6.95. The maximum absolute atomic E-state index is 11.7. The van der Waals surface area contributed by atoms with Crippen molar-refractivity contribution in [1.29, 1.82) is 0 Å². The Balaban J connectivity index is 2.00. The van der Waals surface area contributed by atoms with E-state index in [0.717, 1.165) is 12.0 Å². The molecule has 3 heterocycles. The van der Waals surface area contributed by atoms with Crippen LogP contribution in [0, 0.1) is 5.92 Å². The van der Waals surface area contributed by atoms with Gasteiger partial charge >= 0.3 is 5.97 Å². The molecule has 2 N–H and O–H groups in total. The van der Waals surface area contributed by atoms with Gasteiger partial charge in [-0.3, -0.25) is 0 Å². The second-order valence-corrected chi connectivity index (χ2v) is 6.25. The van der Waals surface area contributed by atoms with Crippen molar-refractivity contribution in [3.63, 3.8) is 0 Å². The fraction of sp³-hybridized carbons (Fsp3) is 0.667. The Morgan fingerprint density at radius 1 is 1.35 bits per heavy atom. The number of carbonyl (C=O) groups excluding carboxylic acids is 1. The zero-order valence-electron chi connectivity index (χ0n) is 11.5. The van der Waals surface area contributed by atoms with Crippen molar-refractivity contribution in [3.05, 3.63) is 24.3 Å². The zero-order chi connectivity index (χ0) is 14.7. The topological polar surface area (TPSA) is 76.0 Å². The highest BCUT2D eigenvalue weighted by Crippen LogP contribution is 2.44. The summed E-state index contributed by atoms with van der Waals surface area (Å²) < 4.78 is 11.2. The lowest BCUT2D eigenvalue weighted by atomic mass is 9.79. The van der Waals surface area contributed by atoms with Crippen LogP contribution >= 0.6 is 0 Å². The lowest BCUT2D eigenvalue weighted by Gasteiger charge is -2.35. The van der Waals surface area contributed by atoms with Crippen molar-refractivity contribution in [3.8, 4) is 0 Å². The number of aliphatic hydroxyl groups is 2. The van der Waals surface area contributed by atoms with E-state index in [4.69, 9.17) is 9.47 Å². The number of rotatable bonds is 0. The van der Waals surface area contributed by atoms with Gasteiger partial charge in [-0.25, -0.2) is 4.79 Å². The molecule has 110 valence electrons. The fourth-order valence-corrected chi connectivity index (χ4v) is 3.55. The highest BCUT2D eigenvalue weighted by Gasteiger charge is 2.54. The van der Waals surface area contributed by atoms with Gasteiger partial charge in [-0.1, -0.05) is 13.2 Å². The van der Waals surface area contributed by atoms with E-state index in [1.165, 1.54) is 0 Å². The van der Waals surface area contributed by atoms with E-state index in [-0.39, 0.29) is 11.7 Å². The normalized spacial score (nSPS) is 48.4. The lowest BCUT2D eigenvalue weighted by Crippen LogP contribution is -2.50. The molecule has 5 heteroatoms. The minimum atomic E-state index is -1.13. The van der Waals surface area contributed by atoms with Crippen molar-refractivity contribution < 1.29 is 24.5 Å². The molecule has 0 saturated carbocycles. The summed E-state index contributed by atoms with van der Waals surface area (Å²) in [5.41, 5.74) is 0.233. The molecule has 5 nitrogen and oxygen atoms in total. The van der Waals surface area contributed by atoms with Crippen LogP contribution in [0.15, 0.2) is 24.3 Å². The highest BCUT2D eigenvalue weighted by molar-refractivity contribution is 5.91. The van der Waals surface area contributed by atoms with Crippen LogP contribution in [0.5, 0.6) is 0 Å². The van der Waals surface area contributed by atoms with Crippen molar-refractivity contribution in [2.24, 2.45) is 5.92 Å². The predicted octanol–water partition coefficient (Wildman–Crippen LogP) is 0.704. The monoisotopic (exact) mass is 280 g/mol. The molecule has 0 unspecified atom stereocenters. The van der Waals surface area contributed by atoms with Crippen LogP contribution in [0.2, 0.25) is 0 Å².